The standard InChI is InChI=1S/C14H29N.2C14H28.2C13H26.C13H24.3CH4/c1-13(2,3)11-8-9-15(7)10-12(11)14(4,5)6;2*1-13(2,3)11-9-7-8-10-12(11)14(4,5)6;3*1-12(2,3)10-8-7-9-11(10)13(4,5)6;;;/h11-12H,8-10H2,1-7H3;2*11-12H,7-10H2,1-6H3;2*10-11H,7-9H2,1-6H3;7-8,10-11H,9H2,1-6H3;3*1H4. The second kappa shape index (κ2) is 33.5. The van der Waals surface area contributed by atoms with Crippen molar-refractivity contribution < 1.29 is 0 Å². The molecule has 0 N–H and O–H groups in total. The van der Waals surface area contributed by atoms with Gasteiger partial charge < -0.3 is 4.90 Å². The molecule has 1 saturated heterocycles. The fraction of sp³-hybridized carbons (Fsp3) is 0.976. The highest BCUT2D eigenvalue weighted by molar-refractivity contribution is 5.08. The normalized spacial score (nSPS) is 29.4. The van der Waals surface area contributed by atoms with Crippen LogP contribution in [0.25, 0.3) is 0 Å². The molecule has 12 unspecified atom stereocenters. The topological polar surface area (TPSA) is 3.24 Å². The summed E-state index contributed by atoms with van der Waals surface area (Å²) in [4.78, 5) is 2.50. The van der Waals surface area contributed by atoms with Gasteiger partial charge in [-0.15, -0.1) is 0 Å². The first kappa shape index (κ1) is 88.9. The molecule has 1 aliphatic heterocycles. The Labute approximate surface area is 544 Å². The lowest BCUT2D eigenvalue weighted by Gasteiger charge is -2.49. The fourth-order valence-corrected chi connectivity index (χ4v) is 17.9. The van der Waals surface area contributed by atoms with Gasteiger partial charge in [0, 0.05) is 6.54 Å². The van der Waals surface area contributed by atoms with Gasteiger partial charge in [-0.1, -0.05) is 322 Å². The van der Waals surface area contributed by atoms with E-state index in [1.54, 1.807) is 0 Å². The van der Waals surface area contributed by atoms with Crippen LogP contribution in [0.15, 0.2) is 12.2 Å². The highest BCUT2D eigenvalue weighted by Crippen LogP contribution is 2.54. The summed E-state index contributed by atoms with van der Waals surface area (Å²) in [5, 5.41) is 0. The maximum absolute atomic E-state index is 2.50. The highest BCUT2D eigenvalue weighted by Gasteiger charge is 2.46. The van der Waals surface area contributed by atoms with Crippen LogP contribution >= 0.6 is 0 Å². The summed E-state index contributed by atoms with van der Waals surface area (Å²) < 4.78 is 0. The Bertz CT molecular complexity index is 1590. The zero-order chi connectivity index (χ0) is 64.6. The molecule has 6 rings (SSSR count). The van der Waals surface area contributed by atoms with Crippen LogP contribution in [0.1, 0.15) is 374 Å². The van der Waals surface area contributed by atoms with Gasteiger partial charge in [-0.05, 0) is 214 Å². The minimum atomic E-state index is 0. The van der Waals surface area contributed by atoms with Gasteiger partial charge in [-0.25, -0.2) is 0 Å². The van der Waals surface area contributed by atoms with E-state index in [1.165, 1.54) is 116 Å². The second-order valence-electron chi connectivity index (χ2n) is 42.2. The Morgan fingerprint density at radius 1 is 0.235 bits per heavy atom. The molecular weight excluding hydrogens is 1020 g/mol. The number of hydrogen-bond acceptors (Lipinski definition) is 1. The molecular formula is C84H173N. The molecule has 0 radical (unpaired) electrons. The maximum atomic E-state index is 2.50. The summed E-state index contributed by atoms with van der Waals surface area (Å²) in [6, 6.07) is 0. The van der Waals surface area contributed by atoms with Crippen LogP contribution in [0, 0.1) is 136 Å². The van der Waals surface area contributed by atoms with Crippen LogP contribution in [0.4, 0.5) is 0 Å². The van der Waals surface area contributed by atoms with Crippen molar-refractivity contribution >= 4 is 0 Å². The minimum absolute atomic E-state index is 0. The van der Waals surface area contributed by atoms with Gasteiger partial charge in [0.1, 0.15) is 0 Å². The number of piperidine rings is 1. The molecule has 1 heterocycles. The Morgan fingerprint density at radius 3 is 0.600 bits per heavy atom. The molecule has 1 nitrogen and oxygen atoms in total. The number of likely N-dealkylation sites (tertiary alicyclic amines) is 1. The lowest BCUT2D eigenvalue weighted by molar-refractivity contribution is 0.00171. The van der Waals surface area contributed by atoms with E-state index in [1.807, 2.05) is 0 Å². The number of nitrogens with zero attached hydrogens (tertiary/aromatic N) is 1. The van der Waals surface area contributed by atoms with Crippen LogP contribution < -0.4 is 0 Å². The summed E-state index contributed by atoms with van der Waals surface area (Å²) >= 11 is 0. The molecule has 0 aromatic rings. The maximum Gasteiger partial charge on any atom is 0.00145 e. The van der Waals surface area contributed by atoms with Crippen molar-refractivity contribution in [2.45, 2.75) is 374 Å². The Morgan fingerprint density at radius 2 is 0.424 bits per heavy atom. The van der Waals surface area contributed by atoms with E-state index in [0.717, 1.165) is 71.0 Å². The smallest absolute Gasteiger partial charge is 0.00145 e. The van der Waals surface area contributed by atoms with Gasteiger partial charge in [-0.2, -0.15) is 0 Å². The number of hydrogen-bond donors (Lipinski definition) is 0. The fourth-order valence-electron chi connectivity index (χ4n) is 17.9. The number of allylic oxidation sites excluding steroid dienone is 2. The van der Waals surface area contributed by atoms with E-state index in [0.29, 0.717) is 65.0 Å². The Kier molecular flexibility index (Phi) is 35.0. The third-order valence-electron chi connectivity index (χ3n) is 22.8. The van der Waals surface area contributed by atoms with Gasteiger partial charge in [-0.3, -0.25) is 0 Å². The van der Waals surface area contributed by atoms with Gasteiger partial charge in [0.2, 0.25) is 0 Å². The van der Waals surface area contributed by atoms with Crippen molar-refractivity contribution in [3.05, 3.63) is 12.2 Å². The largest absolute Gasteiger partial charge is 0.306 e. The molecule has 514 valence electrons. The highest BCUT2D eigenvalue weighted by atomic mass is 15.1. The molecule has 85 heavy (non-hydrogen) atoms. The molecule has 5 aliphatic carbocycles. The van der Waals surface area contributed by atoms with Crippen molar-refractivity contribution in [1.29, 1.82) is 0 Å². The van der Waals surface area contributed by atoms with Crippen molar-refractivity contribution in [2.75, 3.05) is 20.1 Å². The average molecular weight is 1200 g/mol. The van der Waals surface area contributed by atoms with Crippen LogP contribution in [0.5, 0.6) is 0 Å². The predicted molar refractivity (Wildman–Crippen MR) is 396 cm³/mol. The van der Waals surface area contributed by atoms with Crippen LogP contribution in [-0.4, -0.2) is 25.0 Å². The second-order valence-corrected chi connectivity index (χ2v) is 42.2. The number of rotatable bonds is 0. The molecule has 5 fully saturated rings. The SMILES string of the molecule is C.C.C.CC(C)(C)C1C=CCC1C(C)(C)C.CC(C)(C)C1CCCC1C(C)(C)C.CC(C)(C)C1CCCC1C(C)(C)C.CC(C)(C)C1CCCCC1C(C)(C)C.CC(C)(C)C1CCCCC1C(C)(C)C.CN1CCC(C(C)(C)C)C(C(C)(C)C)C1. The molecule has 0 amide bonds. The van der Waals surface area contributed by atoms with Crippen molar-refractivity contribution in [3.8, 4) is 0 Å². The molecule has 4 saturated carbocycles. The zero-order valence-electron chi connectivity index (χ0n) is 64.3. The monoisotopic (exact) mass is 1200 g/mol. The zero-order valence-corrected chi connectivity index (χ0v) is 64.3. The predicted octanol–water partition coefficient (Wildman–Crippen LogP) is 28.6. The van der Waals surface area contributed by atoms with Gasteiger partial charge in [0.25, 0.3) is 0 Å². The van der Waals surface area contributed by atoms with Crippen LogP contribution in [0.2, 0.25) is 0 Å². The summed E-state index contributed by atoms with van der Waals surface area (Å²) in [5.41, 5.74) is 5.79. The lowest BCUT2D eigenvalue weighted by atomic mass is 9.59. The molecule has 0 aromatic carbocycles. The van der Waals surface area contributed by atoms with Crippen LogP contribution in [0.3, 0.4) is 0 Å². The first-order chi connectivity index (χ1) is 36.3. The first-order valence-electron chi connectivity index (χ1n) is 35.6. The summed E-state index contributed by atoms with van der Waals surface area (Å²) in [7, 11) is 2.26. The first-order valence-corrected chi connectivity index (χ1v) is 35.6. The molecule has 6 aliphatic rings. The van der Waals surface area contributed by atoms with Gasteiger partial charge >= 0.3 is 0 Å². The molecule has 0 aromatic heterocycles. The lowest BCUT2D eigenvalue weighted by Crippen LogP contribution is -2.48. The molecule has 1 heteroatoms. The quantitative estimate of drug-likeness (QED) is 0.219. The van der Waals surface area contributed by atoms with E-state index in [9.17, 15) is 0 Å². The molecule has 0 bridgehead atoms. The Balaban J connectivity index is -0.000000943. The van der Waals surface area contributed by atoms with E-state index in [2.05, 4.69) is 273 Å². The summed E-state index contributed by atoms with van der Waals surface area (Å²) in [5.74, 6) is 10.7. The third kappa shape index (κ3) is 29.9. The van der Waals surface area contributed by atoms with Crippen LogP contribution in [-0.2, 0) is 0 Å². The third-order valence-corrected chi connectivity index (χ3v) is 22.8. The van der Waals surface area contributed by atoms with E-state index in [-0.39, 0.29) is 22.3 Å². The van der Waals surface area contributed by atoms with Crippen molar-refractivity contribution in [2.24, 2.45) is 136 Å². The molecule has 12 atom stereocenters. The minimum Gasteiger partial charge on any atom is -0.306 e. The summed E-state index contributed by atoms with van der Waals surface area (Å²) in [6.45, 7) is 89.0. The Hall–Kier alpha value is -0.300. The van der Waals surface area contributed by atoms with E-state index < -0.39 is 0 Å². The van der Waals surface area contributed by atoms with E-state index >= 15 is 0 Å². The van der Waals surface area contributed by atoms with E-state index in [4.69, 9.17) is 0 Å². The van der Waals surface area contributed by atoms with Gasteiger partial charge in [0.15, 0.2) is 0 Å². The van der Waals surface area contributed by atoms with Crippen molar-refractivity contribution in [3.63, 3.8) is 0 Å². The average Bonchev–Trinajstić information content (AvgIpc) is 4.08. The van der Waals surface area contributed by atoms with Gasteiger partial charge in [0.05, 0.1) is 0 Å². The summed E-state index contributed by atoms with van der Waals surface area (Å²) in [6.07, 6.45) is 27.7. The molecule has 0 spiro atoms. The van der Waals surface area contributed by atoms with Crippen molar-refractivity contribution in [1.82, 2.24) is 4.90 Å².